The van der Waals surface area contributed by atoms with E-state index in [1.165, 1.54) is 27.8 Å². The summed E-state index contributed by atoms with van der Waals surface area (Å²) in [6, 6.07) is 15.3. The Hall–Kier alpha value is -2.80. The van der Waals surface area contributed by atoms with Crippen molar-refractivity contribution in [3.05, 3.63) is 102 Å². The monoisotopic (exact) mass is 385 g/mol. The predicted molar refractivity (Wildman–Crippen MR) is 131 cm³/mol. The molecule has 0 amide bonds. The van der Waals surface area contributed by atoms with Gasteiger partial charge in [-0.2, -0.15) is 0 Å². The molecular weight excluding hydrogens is 350 g/mol. The molecule has 0 fully saturated rings. The van der Waals surface area contributed by atoms with Crippen molar-refractivity contribution < 1.29 is 0 Å². The molecule has 0 saturated carbocycles. The van der Waals surface area contributed by atoms with Crippen LogP contribution in [0.1, 0.15) is 63.8 Å². The molecule has 0 spiro atoms. The zero-order chi connectivity index (χ0) is 21.6. The van der Waals surface area contributed by atoms with Crippen molar-refractivity contribution in [3.63, 3.8) is 0 Å². The van der Waals surface area contributed by atoms with E-state index in [0.717, 1.165) is 23.4 Å². The Morgan fingerprint density at radius 1 is 1.00 bits per heavy atom. The molecule has 0 unspecified atom stereocenters. The molecular formula is C28H35N. The standard InChI is InChI=1S/C28H35N/c1-9-11-12-20(3)21(4)24-13-15-25(16-14-24)22(5)29-27-18-23(10-2)17-26(19-27)28(6,7)8/h9,11-19,29H,1,5,10H2,2-4,6-8H3/b12-11-,21-20+. The maximum atomic E-state index is 4.27. The largest absolute Gasteiger partial charge is 0.356 e. The van der Waals surface area contributed by atoms with Crippen LogP contribution in [0.5, 0.6) is 0 Å². The van der Waals surface area contributed by atoms with Gasteiger partial charge in [0.15, 0.2) is 0 Å². The molecule has 2 aromatic carbocycles. The van der Waals surface area contributed by atoms with Crippen LogP contribution in [0.3, 0.4) is 0 Å². The van der Waals surface area contributed by atoms with Gasteiger partial charge in [0.1, 0.15) is 0 Å². The van der Waals surface area contributed by atoms with E-state index < -0.39 is 0 Å². The van der Waals surface area contributed by atoms with Crippen molar-refractivity contribution in [2.24, 2.45) is 0 Å². The van der Waals surface area contributed by atoms with Crippen molar-refractivity contribution in [2.75, 3.05) is 5.32 Å². The molecule has 29 heavy (non-hydrogen) atoms. The van der Waals surface area contributed by atoms with Crippen LogP contribution < -0.4 is 5.32 Å². The summed E-state index contributed by atoms with van der Waals surface area (Å²) >= 11 is 0. The molecule has 0 atom stereocenters. The molecule has 2 aromatic rings. The molecule has 0 aliphatic rings. The first-order valence-corrected chi connectivity index (χ1v) is 10.3. The van der Waals surface area contributed by atoms with Crippen LogP contribution in [0.2, 0.25) is 0 Å². The third kappa shape index (κ3) is 6.09. The van der Waals surface area contributed by atoms with Crippen LogP contribution in [0.15, 0.2) is 79.4 Å². The summed E-state index contributed by atoms with van der Waals surface area (Å²) in [5.41, 5.74) is 9.62. The van der Waals surface area contributed by atoms with Gasteiger partial charge in [-0.15, -0.1) is 0 Å². The number of nitrogens with one attached hydrogen (secondary N) is 1. The summed E-state index contributed by atoms with van der Waals surface area (Å²) in [7, 11) is 0. The lowest BCUT2D eigenvalue weighted by atomic mass is 9.85. The van der Waals surface area contributed by atoms with E-state index in [2.05, 4.69) is 109 Å². The van der Waals surface area contributed by atoms with Crippen molar-refractivity contribution in [1.29, 1.82) is 0 Å². The topological polar surface area (TPSA) is 12.0 Å². The Morgan fingerprint density at radius 2 is 1.62 bits per heavy atom. The lowest BCUT2D eigenvalue weighted by molar-refractivity contribution is 0.589. The number of aryl methyl sites for hydroxylation is 1. The average molecular weight is 386 g/mol. The summed E-state index contributed by atoms with van der Waals surface area (Å²) in [5.74, 6) is 0. The highest BCUT2D eigenvalue weighted by molar-refractivity contribution is 5.77. The second-order valence-electron chi connectivity index (χ2n) is 8.61. The van der Waals surface area contributed by atoms with Crippen molar-refractivity contribution in [3.8, 4) is 0 Å². The average Bonchev–Trinajstić information content (AvgIpc) is 2.70. The van der Waals surface area contributed by atoms with Gasteiger partial charge in [0.25, 0.3) is 0 Å². The molecule has 2 rings (SSSR count). The molecule has 0 aliphatic carbocycles. The molecule has 0 aliphatic heterocycles. The molecule has 1 N–H and O–H groups in total. The number of allylic oxidation sites excluding steroid dienone is 5. The second kappa shape index (κ2) is 9.60. The maximum absolute atomic E-state index is 4.27. The van der Waals surface area contributed by atoms with Gasteiger partial charge in [0.05, 0.1) is 0 Å². The van der Waals surface area contributed by atoms with E-state index in [1.54, 1.807) is 6.08 Å². The lowest BCUT2D eigenvalue weighted by Crippen LogP contribution is -2.12. The van der Waals surface area contributed by atoms with Crippen LogP contribution in [-0.4, -0.2) is 0 Å². The number of anilines is 1. The molecule has 0 radical (unpaired) electrons. The molecule has 1 nitrogen and oxygen atoms in total. The van der Waals surface area contributed by atoms with Gasteiger partial charge in [-0.1, -0.05) is 89.4 Å². The predicted octanol–water partition coefficient (Wildman–Crippen LogP) is 8.16. The van der Waals surface area contributed by atoms with Crippen LogP contribution >= 0.6 is 0 Å². The Morgan fingerprint density at radius 3 is 2.17 bits per heavy atom. The summed E-state index contributed by atoms with van der Waals surface area (Å²) in [4.78, 5) is 0. The third-order valence-corrected chi connectivity index (χ3v) is 5.30. The zero-order valence-corrected chi connectivity index (χ0v) is 18.9. The Balaban J connectivity index is 2.24. The Kier molecular flexibility index (Phi) is 7.45. The van der Waals surface area contributed by atoms with E-state index in [9.17, 15) is 0 Å². The lowest BCUT2D eigenvalue weighted by Gasteiger charge is -2.22. The fourth-order valence-corrected chi connectivity index (χ4v) is 3.13. The van der Waals surface area contributed by atoms with E-state index in [-0.39, 0.29) is 5.41 Å². The molecule has 0 saturated heterocycles. The van der Waals surface area contributed by atoms with Gasteiger partial charge >= 0.3 is 0 Å². The zero-order valence-electron chi connectivity index (χ0n) is 18.9. The van der Waals surface area contributed by atoms with Gasteiger partial charge in [-0.25, -0.2) is 0 Å². The van der Waals surface area contributed by atoms with E-state index in [4.69, 9.17) is 0 Å². The first-order valence-electron chi connectivity index (χ1n) is 10.3. The van der Waals surface area contributed by atoms with E-state index in [0.29, 0.717) is 0 Å². The fraction of sp³-hybridized carbons (Fsp3) is 0.286. The van der Waals surface area contributed by atoms with Gasteiger partial charge in [-0.3, -0.25) is 0 Å². The quantitative estimate of drug-likeness (QED) is 0.474. The van der Waals surface area contributed by atoms with Gasteiger partial charge in [-0.05, 0) is 71.2 Å². The van der Waals surface area contributed by atoms with Crippen LogP contribution in [-0.2, 0) is 11.8 Å². The van der Waals surface area contributed by atoms with Crippen LogP contribution in [0.4, 0.5) is 5.69 Å². The number of hydrogen-bond donors (Lipinski definition) is 1. The molecule has 0 heterocycles. The van der Waals surface area contributed by atoms with Gasteiger partial charge < -0.3 is 5.32 Å². The first-order chi connectivity index (χ1) is 13.7. The minimum Gasteiger partial charge on any atom is -0.356 e. The number of benzene rings is 2. The van der Waals surface area contributed by atoms with Gasteiger partial charge in [0.2, 0.25) is 0 Å². The number of hydrogen-bond acceptors (Lipinski definition) is 1. The van der Waals surface area contributed by atoms with Gasteiger partial charge in [0, 0.05) is 11.4 Å². The molecule has 1 heteroatoms. The first kappa shape index (κ1) is 22.5. The van der Waals surface area contributed by atoms with E-state index in [1.807, 2.05) is 6.08 Å². The second-order valence-corrected chi connectivity index (χ2v) is 8.61. The highest BCUT2D eigenvalue weighted by Crippen LogP contribution is 2.29. The smallest absolute Gasteiger partial charge is 0.0389 e. The summed E-state index contributed by atoms with van der Waals surface area (Å²) < 4.78 is 0. The normalized spacial score (nSPS) is 12.6. The van der Waals surface area contributed by atoms with Crippen molar-refractivity contribution in [2.45, 2.75) is 53.4 Å². The van der Waals surface area contributed by atoms with Crippen LogP contribution in [0.25, 0.3) is 11.3 Å². The van der Waals surface area contributed by atoms with Crippen molar-refractivity contribution in [1.82, 2.24) is 0 Å². The summed E-state index contributed by atoms with van der Waals surface area (Å²) in [5, 5.41) is 3.52. The minimum atomic E-state index is 0.117. The molecule has 0 aromatic heterocycles. The van der Waals surface area contributed by atoms with E-state index >= 15 is 0 Å². The maximum Gasteiger partial charge on any atom is 0.0389 e. The third-order valence-electron chi connectivity index (χ3n) is 5.30. The summed E-state index contributed by atoms with van der Waals surface area (Å²) in [6.07, 6.45) is 6.87. The van der Waals surface area contributed by atoms with Crippen LogP contribution in [0, 0.1) is 0 Å². The minimum absolute atomic E-state index is 0.117. The highest BCUT2D eigenvalue weighted by Gasteiger charge is 2.15. The molecule has 0 bridgehead atoms. The molecule has 152 valence electrons. The Bertz CT molecular complexity index is 931. The Labute approximate surface area is 177 Å². The fourth-order valence-electron chi connectivity index (χ4n) is 3.13. The highest BCUT2D eigenvalue weighted by atomic mass is 14.9. The number of rotatable bonds is 7. The SMILES string of the molecule is C=C/C=C\C(C)=C(/C)c1ccc(C(=C)Nc2cc(CC)cc(C(C)(C)C)c2)cc1. The van der Waals surface area contributed by atoms with Crippen molar-refractivity contribution >= 4 is 17.0 Å². The summed E-state index contributed by atoms with van der Waals surface area (Å²) in [6.45, 7) is 21.2.